The Balaban J connectivity index is 1.59. The lowest BCUT2D eigenvalue weighted by Crippen LogP contribution is -2.48. The van der Waals surface area contributed by atoms with Gasteiger partial charge in [0.1, 0.15) is 12.7 Å². The van der Waals surface area contributed by atoms with Crippen molar-refractivity contribution < 1.29 is 9.47 Å². The summed E-state index contributed by atoms with van der Waals surface area (Å²) in [5.74, 6) is 2.34. The van der Waals surface area contributed by atoms with Crippen LogP contribution >= 0.6 is 0 Å². The van der Waals surface area contributed by atoms with E-state index in [-0.39, 0.29) is 6.10 Å². The average Bonchev–Trinajstić information content (AvgIpc) is 2.54. The Hall–Kier alpha value is -1.26. The van der Waals surface area contributed by atoms with Crippen molar-refractivity contribution in [2.75, 3.05) is 26.7 Å². The summed E-state index contributed by atoms with van der Waals surface area (Å²) >= 11 is 0. The fraction of sp³-hybridized carbons (Fsp3) is 0.647. The number of benzene rings is 1. The Labute approximate surface area is 127 Å². The van der Waals surface area contributed by atoms with Gasteiger partial charge in [-0.05, 0) is 44.5 Å². The standard InChI is InChI=1S/C17H26N2O2/c1-19(15-7-3-2-6-13(15)10-18)11-14-12-20-16-8-4-5-9-17(16)21-14/h4-5,8-9,13-15H,2-3,6-7,10-12,18H2,1H3. The van der Waals surface area contributed by atoms with Crippen LogP contribution in [0, 0.1) is 5.92 Å². The zero-order valence-electron chi connectivity index (χ0n) is 12.8. The molecule has 2 aliphatic rings. The van der Waals surface area contributed by atoms with E-state index in [4.69, 9.17) is 15.2 Å². The molecule has 1 fully saturated rings. The predicted octanol–water partition coefficient (Wildman–Crippen LogP) is 2.28. The Morgan fingerprint density at radius 1 is 1.19 bits per heavy atom. The van der Waals surface area contributed by atoms with E-state index in [0.717, 1.165) is 24.6 Å². The molecular formula is C17H26N2O2. The molecule has 2 N–H and O–H groups in total. The van der Waals surface area contributed by atoms with Crippen molar-refractivity contribution in [3.05, 3.63) is 24.3 Å². The van der Waals surface area contributed by atoms with Gasteiger partial charge in [0.2, 0.25) is 0 Å². The molecule has 1 aromatic carbocycles. The van der Waals surface area contributed by atoms with Gasteiger partial charge in [0.25, 0.3) is 0 Å². The van der Waals surface area contributed by atoms with Crippen LogP contribution in [-0.2, 0) is 0 Å². The molecule has 4 nitrogen and oxygen atoms in total. The van der Waals surface area contributed by atoms with Gasteiger partial charge >= 0.3 is 0 Å². The summed E-state index contributed by atoms with van der Waals surface area (Å²) < 4.78 is 11.9. The van der Waals surface area contributed by atoms with E-state index in [1.165, 1.54) is 25.7 Å². The van der Waals surface area contributed by atoms with Crippen LogP contribution in [0.15, 0.2) is 24.3 Å². The Morgan fingerprint density at radius 2 is 1.95 bits per heavy atom. The van der Waals surface area contributed by atoms with E-state index in [1.807, 2.05) is 24.3 Å². The second-order valence-electron chi connectivity index (χ2n) is 6.28. The zero-order valence-corrected chi connectivity index (χ0v) is 12.8. The van der Waals surface area contributed by atoms with Gasteiger partial charge in [-0.1, -0.05) is 25.0 Å². The zero-order chi connectivity index (χ0) is 14.7. The minimum Gasteiger partial charge on any atom is -0.486 e. The summed E-state index contributed by atoms with van der Waals surface area (Å²) in [6, 6.07) is 8.48. The van der Waals surface area contributed by atoms with Crippen LogP contribution in [0.4, 0.5) is 0 Å². The fourth-order valence-electron chi connectivity index (χ4n) is 3.65. The number of likely N-dealkylation sites (N-methyl/N-ethyl adjacent to an activating group) is 1. The normalized spacial score (nSPS) is 28.6. The number of ether oxygens (including phenoxy) is 2. The summed E-state index contributed by atoms with van der Waals surface area (Å²) in [4.78, 5) is 2.43. The summed E-state index contributed by atoms with van der Waals surface area (Å²) in [6.45, 7) is 2.32. The number of nitrogens with two attached hydrogens (primary N) is 1. The van der Waals surface area contributed by atoms with Crippen molar-refractivity contribution >= 4 is 0 Å². The van der Waals surface area contributed by atoms with Gasteiger partial charge in [0.05, 0.1) is 0 Å². The van der Waals surface area contributed by atoms with Crippen molar-refractivity contribution in [3.63, 3.8) is 0 Å². The van der Waals surface area contributed by atoms with E-state index in [9.17, 15) is 0 Å². The van der Waals surface area contributed by atoms with Gasteiger partial charge in [0.15, 0.2) is 11.5 Å². The third-order valence-corrected chi connectivity index (χ3v) is 4.80. The molecule has 1 aliphatic heterocycles. The Morgan fingerprint density at radius 3 is 2.76 bits per heavy atom. The molecule has 3 unspecified atom stereocenters. The first-order valence-corrected chi connectivity index (χ1v) is 8.06. The summed E-state index contributed by atoms with van der Waals surface area (Å²) in [5.41, 5.74) is 5.95. The molecule has 1 aromatic rings. The SMILES string of the molecule is CN(CC1COc2ccccc2O1)C1CCCCC1CN. The van der Waals surface area contributed by atoms with Crippen molar-refractivity contribution in [2.24, 2.45) is 11.7 Å². The molecule has 3 rings (SSSR count). The van der Waals surface area contributed by atoms with E-state index < -0.39 is 0 Å². The maximum Gasteiger partial charge on any atom is 0.161 e. The summed E-state index contributed by atoms with van der Waals surface area (Å²) in [6.07, 6.45) is 5.25. The minimum absolute atomic E-state index is 0.102. The molecule has 0 spiro atoms. The van der Waals surface area contributed by atoms with E-state index in [0.29, 0.717) is 18.6 Å². The maximum absolute atomic E-state index is 6.06. The Bertz CT molecular complexity index is 466. The van der Waals surface area contributed by atoms with E-state index in [2.05, 4.69) is 11.9 Å². The third kappa shape index (κ3) is 3.33. The molecule has 0 bridgehead atoms. The molecule has 3 atom stereocenters. The van der Waals surface area contributed by atoms with Crippen LogP contribution in [0.25, 0.3) is 0 Å². The first-order valence-electron chi connectivity index (χ1n) is 8.06. The third-order valence-electron chi connectivity index (χ3n) is 4.80. The minimum atomic E-state index is 0.102. The highest BCUT2D eigenvalue weighted by Crippen LogP contribution is 2.32. The average molecular weight is 290 g/mol. The molecular weight excluding hydrogens is 264 g/mol. The number of para-hydroxylation sites is 2. The molecule has 1 saturated carbocycles. The molecule has 1 aliphatic carbocycles. The fourth-order valence-corrected chi connectivity index (χ4v) is 3.65. The van der Waals surface area contributed by atoms with Crippen LogP contribution in [-0.4, -0.2) is 43.8 Å². The first kappa shape index (κ1) is 14.7. The number of fused-ring (bicyclic) bond motifs is 1. The highest BCUT2D eigenvalue weighted by molar-refractivity contribution is 5.40. The summed E-state index contributed by atoms with van der Waals surface area (Å²) in [5, 5.41) is 0. The van der Waals surface area contributed by atoms with Gasteiger partial charge in [-0.25, -0.2) is 0 Å². The van der Waals surface area contributed by atoms with Crippen molar-refractivity contribution in [1.82, 2.24) is 4.90 Å². The van der Waals surface area contributed by atoms with Gasteiger partial charge < -0.3 is 15.2 Å². The largest absolute Gasteiger partial charge is 0.486 e. The lowest BCUT2D eigenvalue weighted by atomic mass is 9.83. The predicted molar refractivity (Wildman–Crippen MR) is 83.8 cm³/mol. The quantitative estimate of drug-likeness (QED) is 0.924. The molecule has 116 valence electrons. The lowest BCUT2D eigenvalue weighted by molar-refractivity contribution is 0.0371. The van der Waals surface area contributed by atoms with Crippen LogP contribution in [0.3, 0.4) is 0 Å². The molecule has 0 saturated heterocycles. The second kappa shape index (κ2) is 6.67. The topological polar surface area (TPSA) is 47.7 Å². The maximum atomic E-state index is 6.06. The number of rotatable bonds is 4. The van der Waals surface area contributed by atoms with Crippen LogP contribution in [0.1, 0.15) is 25.7 Å². The molecule has 0 aromatic heterocycles. The molecule has 0 amide bonds. The monoisotopic (exact) mass is 290 g/mol. The van der Waals surface area contributed by atoms with Crippen LogP contribution in [0.5, 0.6) is 11.5 Å². The number of hydrogen-bond acceptors (Lipinski definition) is 4. The van der Waals surface area contributed by atoms with Crippen molar-refractivity contribution in [3.8, 4) is 11.5 Å². The summed E-state index contributed by atoms with van der Waals surface area (Å²) in [7, 11) is 2.20. The van der Waals surface area contributed by atoms with Crippen molar-refractivity contribution in [1.29, 1.82) is 0 Å². The van der Waals surface area contributed by atoms with Crippen LogP contribution < -0.4 is 15.2 Å². The van der Waals surface area contributed by atoms with E-state index in [1.54, 1.807) is 0 Å². The van der Waals surface area contributed by atoms with Crippen molar-refractivity contribution in [2.45, 2.75) is 37.8 Å². The number of nitrogens with zero attached hydrogens (tertiary/aromatic N) is 1. The van der Waals surface area contributed by atoms with E-state index >= 15 is 0 Å². The van der Waals surface area contributed by atoms with Crippen LogP contribution in [0.2, 0.25) is 0 Å². The number of hydrogen-bond donors (Lipinski definition) is 1. The first-order chi connectivity index (χ1) is 10.3. The van der Waals surface area contributed by atoms with Gasteiger partial charge in [-0.15, -0.1) is 0 Å². The molecule has 21 heavy (non-hydrogen) atoms. The van der Waals surface area contributed by atoms with Gasteiger partial charge in [-0.3, -0.25) is 4.90 Å². The second-order valence-corrected chi connectivity index (χ2v) is 6.28. The molecule has 1 heterocycles. The Kier molecular flexibility index (Phi) is 4.66. The highest BCUT2D eigenvalue weighted by Gasteiger charge is 2.30. The van der Waals surface area contributed by atoms with Gasteiger partial charge in [-0.2, -0.15) is 0 Å². The smallest absolute Gasteiger partial charge is 0.161 e. The lowest BCUT2D eigenvalue weighted by Gasteiger charge is -2.39. The highest BCUT2D eigenvalue weighted by atomic mass is 16.6. The van der Waals surface area contributed by atoms with Gasteiger partial charge in [0, 0.05) is 12.6 Å². The molecule has 0 radical (unpaired) electrons. The molecule has 4 heteroatoms.